The zero-order valence-corrected chi connectivity index (χ0v) is 9.90. The molecule has 2 N–H and O–H groups in total. The fourth-order valence-corrected chi connectivity index (χ4v) is 1.58. The number of anilines is 1. The van der Waals surface area contributed by atoms with E-state index in [1.807, 2.05) is 12.3 Å². The minimum Gasteiger partial charge on any atom is -0.370 e. The highest BCUT2D eigenvalue weighted by molar-refractivity contribution is 5.44. The van der Waals surface area contributed by atoms with Crippen molar-refractivity contribution >= 4 is 5.69 Å². The molecule has 0 spiro atoms. The van der Waals surface area contributed by atoms with Crippen LogP contribution in [0.3, 0.4) is 0 Å². The topological polar surface area (TPSA) is 42.1 Å². The highest BCUT2D eigenvalue weighted by Crippen LogP contribution is 2.14. The van der Waals surface area contributed by atoms with Crippen LogP contribution >= 0.6 is 0 Å². The van der Waals surface area contributed by atoms with Crippen molar-refractivity contribution in [1.82, 2.24) is 4.98 Å². The second kappa shape index (κ2) is 5.71. The van der Waals surface area contributed by atoms with Gasteiger partial charge in [0.05, 0.1) is 17.6 Å². The standard InChI is InChI=1S/C12H21N3/c1-4-15(9-10(2)3)12-6-5-11(7-13)14-8-12/h5-6,8,10H,4,7,9,13H2,1-3H3. The van der Waals surface area contributed by atoms with Crippen LogP contribution in [0.2, 0.25) is 0 Å². The second-order valence-electron chi connectivity index (χ2n) is 4.14. The molecule has 0 unspecified atom stereocenters. The zero-order valence-electron chi connectivity index (χ0n) is 9.90. The Labute approximate surface area is 92.3 Å². The van der Waals surface area contributed by atoms with E-state index < -0.39 is 0 Å². The first-order valence-electron chi connectivity index (χ1n) is 5.57. The van der Waals surface area contributed by atoms with Gasteiger partial charge in [-0.25, -0.2) is 0 Å². The van der Waals surface area contributed by atoms with Crippen molar-refractivity contribution in [2.45, 2.75) is 27.3 Å². The number of hydrogen-bond acceptors (Lipinski definition) is 3. The Kier molecular flexibility index (Phi) is 4.56. The molecule has 84 valence electrons. The van der Waals surface area contributed by atoms with Crippen LogP contribution in [0.25, 0.3) is 0 Å². The number of rotatable bonds is 5. The van der Waals surface area contributed by atoms with E-state index in [4.69, 9.17) is 5.73 Å². The molecule has 0 fully saturated rings. The molecule has 0 aliphatic rings. The van der Waals surface area contributed by atoms with Crippen molar-refractivity contribution in [3.8, 4) is 0 Å². The highest BCUT2D eigenvalue weighted by atomic mass is 15.1. The van der Waals surface area contributed by atoms with Crippen LogP contribution in [0.5, 0.6) is 0 Å². The first kappa shape index (κ1) is 12.0. The number of hydrogen-bond donors (Lipinski definition) is 1. The Morgan fingerprint density at radius 3 is 2.53 bits per heavy atom. The van der Waals surface area contributed by atoms with Crippen LogP contribution in [0.4, 0.5) is 5.69 Å². The summed E-state index contributed by atoms with van der Waals surface area (Å²) in [5.41, 5.74) is 7.64. The Bertz CT molecular complexity index is 279. The van der Waals surface area contributed by atoms with Gasteiger partial charge in [-0.2, -0.15) is 0 Å². The lowest BCUT2D eigenvalue weighted by atomic mass is 10.2. The van der Waals surface area contributed by atoms with E-state index in [0.29, 0.717) is 12.5 Å². The predicted molar refractivity (Wildman–Crippen MR) is 64.9 cm³/mol. The molecule has 0 saturated carbocycles. The minimum atomic E-state index is 0.511. The fourth-order valence-electron chi connectivity index (χ4n) is 1.58. The Morgan fingerprint density at radius 2 is 2.13 bits per heavy atom. The summed E-state index contributed by atoms with van der Waals surface area (Å²) in [6.07, 6.45) is 1.91. The molecule has 1 aromatic rings. The molecular formula is C12H21N3. The van der Waals surface area contributed by atoms with Crippen LogP contribution in [-0.4, -0.2) is 18.1 Å². The monoisotopic (exact) mass is 207 g/mol. The molecule has 1 aromatic heterocycles. The third-order valence-corrected chi connectivity index (χ3v) is 2.35. The molecule has 3 nitrogen and oxygen atoms in total. The quantitative estimate of drug-likeness (QED) is 0.803. The number of pyridine rings is 1. The van der Waals surface area contributed by atoms with E-state index in [1.54, 1.807) is 0 Å². The molecule has 0 aromatic carbocycles. The fraction of sp³-hybridized carbons (Fsp3) is 0.583. The molecule has 0 atom stereocenters. The molecule has 0 radical (unpaired) electrons. The molecule has 0 saturated heterocycles. The van der Waals surface area contributed by atoms with E-state index in [9.17, 15) is 0 Å². The van der Waals surface area contributed by atoms with Crippen molar-refractivity contribution < 1.29 is 0 Å². The summed E-state index contributed by atoms with van der Waals surface area (Å²) >= 11 is 0. The van der Waals surface area contributed by atoms with Crippen molar-refractivity contribution in [3.05, 3.63) is 24.0 Å². The van der Waals surface area contributed by atoms with Crippen LogP contribution < -0.4 is 10.6 Å². The third kappa shape index (κ3) is 3.51. The summed E-state index contributed by atoms with van der Waals surface area (Å²) in [7, 11) is 0. The van der Waals surface area contributed by atoms with E-state index in [-0.39, 0.29) is 0 Å². The summed E-state index contributed by atoms with van der Waals surface area (Å²) in [5.74, 6) is 0.666. The zero-order chi connectivity index (χ0) is 11.3. The van der Waals surface area contributed by atoms with Crippen LogP contribution in [0.15, 0.2) is 18.3 Å². The molecule has 0 amide bonds. The van der Waals surface area contributed by atoms with Gasteiger partial charge in [0.2, 0.25) is 0 Å². The van der Waals surface area contributed by atoms with E-state index in [2.05, 4.69) is 36.7 Å². The first-order chi connectivity index (χ1) is 7.17. The predicted octanol–water partition coefficient (Wildman–Crippen LogP) is 2.02. The number of aromatic nitrogens is 1. The highest BCUT2D eigenvalue weighted by Gasteiger charge is 2.06. The van der Waals surface area contributed by atoms with E-state index in [0.717, 1.165) is 18.8 Å². The molecule has 1 heterocycles. The van der Waals surface area contributed by atoms with Gasteiger partial charge in [0.25, 0.3) is 0 Å². The molecule has 3 heteroatoms. The summed E-state index contributed by atoms with van der Waals surface area (Å²) in [4.78, 5) is 6.64. The van der Waals surface area contributed by atoms with Crippen molar-refractivity contribution in [3.63, 3.8) is 0 Å². The summed E-state index contributed by atoms with van der Waals surface area (Å²) in [5, 5.41) is 0. The van der Waals surface area contributed by atoms with Crippen molar-refractivity contribution in [2.24, 2.45) is 11.7 Å². The lowest BCUT2D eigenvalue weighted by Gasteiger charge is -2.24. The van der Waals surface area contributed by atoms with Crippen molar-refractivity contribution in [1.29, 1.82) is 0 Å². The SMILES string of the molecule is CCN(CC(C)C)c1ccc(CN)nc1. The van der Waals surface area contributed by atoms with Gasteiger partial charge in [-0.05, 0) is 25.0 Å². The van der Waals surface area contributed by atoms with Gasteiger partial charge in [-0.3, -0.25) is 4.98 Å². The first-order valence-corrected chi connectivity index (χ1v) is 5.57. The van der Waals surface area contributed by atoms with E-state index in [1.165, 1.54) is 5.69 Å². The molecule has 1 rings (SSSR count). The number of nitrogens with zero attached hydrogens (tertiary/aromatic N) is 2. The summed E-state index contributed by atoms with van der Waals surface area (Å²) in [6.45, 7) is 9.21. The lowest BCUT2D eigenvalue weighted by Crippen LogP contribution is -2.27. The average Bonchev–Trinajstić information content (AvgIpc) is 2.26. The Hall–Kier alpha value is -1.09. The van der Waals surface area contributed by atoms with Crippen LogP contribution in [-0.2, 0) is 6.54 Å². The molecule has 0 aliphatic carbocycles. The maximum absolute atomic E-state index is 5.51. The van der Waals surface area contributed by atoms with Crippen LogP contribution in [0.1, 0.15) is 26.5 Å². The maximum atomic E-state index is 5.51. The van der Waals surface area contributed by atoms with Gasteiger partial charge in [-0.1, -0.05) is 13.8 Å². The maximum Gasteiger partial charge on any atom is 0.0552 e. The molecular weight excluding hydrogens is 186 g/mol. The Balaban J connectivity index is 2.74. The molecule has 0 bridgehead atoms. The van der Waals surface area contributed by atoms with Gasteiger partial charge in [0.1, 0.15) is 0 Å². The normalized spacial score (nSPS) is 10.7. The van der Waals surface area contributed by atoms with Gasteiger partial charge in [-0.15, -0.1) is 0 Å². The number of nitrogens with two attached hydrogens (primary N) is 1. The third-order valence-electron chi connectivity index (χ3n) is 2.35. The average molecular weight is 207 g/mol. The Morgan fingerprint density at radius 1 is 1.40 bits per heavy atom. The van der Waals surface area contributed by atoms with E-state index >= 15 is 0 Å². The smallest absolute Gasteiger partial charge is 0.0552 e. The largest absolute Gasteiger partial charge is 0.370 e. The molecule has 0 aliphatic heterocycles. The second-order valence-corrected chi connectivity index (χ2v) is 4.14. The van der Waals surface area contributed by atoms with Gasteiger partial charge in [0.15, 0.2) is 0 Å². The van der Waals surface area contributed by atoms with Gasteiger partial charge in [0, 0.05) is 19.6 Å². The summed E-state index contributed by atoms with van der Waals surface area (Å²) in [6, 6.07) is 4.10. The van der Waals surface area contributed by atoms with Crippen LogP contribution in [0, 0.1) is 5.92 Å². The van der Waals surface area contributed by atoms with Gasteiger partial charge < -0.3 is 10.6 Å². The van der Waals surface area contributed by atoms with Crippen molar-refractivity contribution in [2.75, 3.05) is 18.0 Å². The lowest BCUT2D eigenvalue weighted by molar-refractivity contribution is 0.618. The minimum absolute atomic E-state index is 0.511. The van der Waals surface area contributed by atoms with Gasteiger partial charge >= 0.3 is 0 Å². The summed E-state index contributed by atoms with van der Waals surface area (Å²) < 4.78 is 0. The molecule has 15 heavy (non-hydrogen) atoms.